The first-order chi connectivity index (χ1) is 7.36. The normalized spacial score (nSPS) is 20.7. The van der Waals surface area contributed by atoms with Crippen LogP contribution in [0, 0.1) is 0 Å². The molecule has 1 aliphatic rings. The van der Waals surface area contributed by atoms with Gasteiger partial charge in [0.15, 0.2) is 0 Å². The van der Waals surface area contributed by atoms with E-state index < -0.39 is 0 Å². The van der Waals surface area contributed by atoms with Crippen LogP contribution in [0.3, 0.4) is 0 Å². The molecule has 0 spiro atoms. The Morgan fingerprint density at radius 3 is 3.00 bits per heavy atom. The highest BCUT2D eigenvalue weighted by molar-refractivity contribution is 9.10. The van der Waals surface area contributed by atoms with Gasteiger partial charge in [0.1, 0.15) is 0 Å². The van der Waals surface area contributed by atoms with E-state index >= 15 is 0 Å². The van der Waals surface area contributed by atoms with E-state index in [-0.39, 0.29) is 0 Å². The molecule has 15 heavy (non-hydrogen) atoms. The maximum Gasteiger partial charge on any atom is 0.0728 e. The van der Waals surface area contributed by atoms with Crippen LogP contribution >= 0.6 is 15.9 Å². The van der Waals surface area contributed by atoms with Gasteiger partial charge in [-0.1, -0.05) is 34.1 Å². The zero-order valence-corrected chi connectivity index (χ0v) is 10.3. The molecule has 0 radical (unpaired) electrons. The van der Waals surface area contributed by atoms with Gasteiger partial charge in [-0.25, -0.2) is 0 Å². The molecule has 1 aromatic rings. The van der Waals surface area contributed by atoms with Crippen LogP contribution in [0.15, 0.2) is 28.7 Å². The molecule has 1 saturated heterocycles. The summed E-state index contributed by atoms with van der Waals surface area (Å²) in [6.45, 7) is 2.66. The van der Waals surface area contributed by atoms with E-state index in [1.165, 1.54) is 18.4 Å². The SMILES string of the molecule is Brc1ccccc1COCC1CCCN1. The van der Waals surface area contributed by atoms with E-state index in [0.717, 1.165) is 17.6 Å². The lowest BCUT2D eigenvalue weighted by Crippen LogP contribution is -2.26. The zero-order chi connectivity index (χ0) is 10.5. The van der Waals surface area contributed by atoms with Gasteiger partial charge >= 0.3 is 0 Å². The standard InChI is InChI=1S/C12H16BrNO/c13-12-6-2-1-4-10(12)8-15-9-11-5-3-7-14-11/h1-2,4,6,11,14H,3,5,7-9H2. The average Bonchev–Trinajstić information content (AvgIpc) is 2.74. The highest BCUT2D eigenvalue weighted by Crippen LogP contribution is 2.17. The Labute approximate surface area is 99.1 Å². The fraction of sp³-hybridized carbons (Fsp3) is 0.500. The van der Waals surface area contributed by atoms with E-state index in [2.05, 4.69) is 27.3 Å². The number of benzene rings is 1. The van der Waals surface area contributed by atoms with Gasteiger partial charge in [0.05, 0.1) is 13.2 Å². The Balaban J connectivity index is 1.75. The van der Waals surface area contributed by atoms with Crippen LogP contribution in [0.1, 0.15) is 18.4 Å². The molecule has 2 nitrogen and oxygen atoms in total. The van der Waals surface area contributed by atoms with E-state index in [9.17, 15) is 0 Å². The van der Waals surface area contributed by atoms with E-state index in [1.54, 1.807) is 0 Å². The summed E-state index contributed by atoms with van der Waals surface area (Å²) >= 11 is 3.51. The van der Waals surface area contributed by atoms with Gasteiger partial charge in [-0.15, -0.1) is 0 Å². The number of halogens is 1. The molecule has 1 N–H and O–H groups in total. The number of hydrogen-bond acceptors (Lipinski definition) is 2. The number of rotatable bonds is 4. The fourth-order valence-corrected chi connectivity index (χ4v) is 2.22. The van der Waals surface area contributed by atoms with Crippen LogP contribution < -0.4 is 5.32 Å². The maximum atomic E-state index is 5.69. The molecular weight excluding hydrogens is 254 g/mol. The Morgan fingerprint density at radius 1 is 1.40 bits per heavy atom. The number of nitrogens with one attached hydrogen (secondary N) is 1. The molecule has 0 aliphatic carbocycles. The summed E-state index contributed by atoms with van der Waals surface area (Å²) in [5.74, 6) is 0. The van der Waals surface area contributed by atoms with Crippen molar-refractivity contribution in [3.8, 4) is 0 Å². The minimum Gasteiger partial charge on any atom is -0.375 e. The summed E-state index contributed by atoms with van der Waals surface area (Å²) < 4.78 is 6.82. The van der Waals surface area contributed by atoms with E-state index in [4.69, 9.17) is 4.74 Å². The first kappa shape index (κ1) is 11.1. The second-order valence-corrected chi connectivity index (χ2v) is 4.75. The van der Waals surface area contributed by atoms with Gasteiger partial charge in [-0.05, 0) is 31.0 Å². The van der Waals surface area contributed by atoms with Crippen molar-refractivity contribution in [2.24, 2.45) is 0 Å². The van der Waals surface area contributed by atoms with Gasteiger partial charge in [0.2, 0.25) is 0 Å². The van der Waals surface area contributed by atoms with Crippen LogP contribution in [0.25, 0.3) is 0 Å². The van der Waals surface area contributed by atoms with E-state index in [0.29, 0.717) is 12.6 Å². The van der Waals surface area contributed by atoms with Crippen LogP contribution in [-0.4, -0.2) is 19.2 Å². The quantitative estimate of drug-likeness (QED) is 0.908. The molecule has 1 fully saturated rings. The molecule has 1 aromatic carbocycles. The van der Waals surface area contributed by atoms with Crippen molar-refractivity contribution in [3.05, 3.63) is 34.3 Å². The maximum absolute atomic E-state index is 5.69. The van der Waals surface area contributed by atoms with Crippen LogP contribution in [0.4, 0.5) is 0 Å². The summed E-state index contributed by atoms with van der Waals surface area (Å²) in [5, 5.41) is 3.42. The number of hydrogen-bond donors (Lipinski definition) is 1. The molecule has 82 valence electrons. The third-order valence-electron chi connectivity index (χ3n) is 2.70. The monoisotopic (exact) mass is 269 g/mol. The Hall–Kier alpha value is -0.380. The van der Waals surface area contributed by atoms with Crippen LogP contribution in [-0.2, 0) is 11.3 Å². The molecule has 0 amide bonds. The van der Waals surface area contributed by atoms with Gasteiger partial charge in [-0.3, -0.25) is 0 Å². The highest BCUT2D eigenvalue weighted by atomic mass is 79.9. The van der Waals surface area contributed by atoms with Crippen LogP contribution in [0.2, 0.25) is 0 Å². The van der Waals surface area contributed by atoms with Crippen molar-refractivity contribution in [1.82, 2.24) is 5.32 Å². The predicted octanol–water partition coefficient (Wildman–Crippen LogP) is 2.72. The second kappa shape index (κ2) is 5.64. The van der Waals surface area contributed by atoms with Crippen molar-refractivity contribution in [3.63, 3.8) is 0 Å². The zero-order valence-electron chi connectivity index (χ0n) is 8.71. The van der Waals surface area contributed by atoms with Crippen LogP contribution in [0.5, 0.6) is 0 Å². The molecule has 0 saturated carbocycles. The topological polar surface area (TPSA) is 21.3 Å². The first-order valence-electron chi connectivity index (χ1n) is 5.41. The predicted molar refractivity (Wildman–Crippen MR) is 64.8 cm³/mol. The van der Waals surface area contributed by atoms with Crippen molar-refractivity contribution < 1.29 is 4.74 Å². The molecular formula is C12H16BrNO. The van der Waals surface area contributed by atoms with Crippen molar-refractivity contribution in [2.75, 3.05) is 13.2 Å². The smallest absolute Gasteiger partial charge is 0.0728 e. The third-order valence-corrected chi connectivity index (χ3v) is 3.47. The largest absolute Gasteiger partial charge is 0.375 e. The highest BCUT2D eigenvalue weighted by Gasteiger charge is 2.13. The minimum absolute atomic E-state index is 0.562. The molecule has 0 aromatic heterocycles. The summed E-state index contributed by atoms with van der Waals surface area (Å²) in [4.78, 5) is 0. The van der Waals surface area contributed by atoms with Crippen molar-refractivity contribution in [2.45, 2.75) is 25.5 Å². The van der Waals surface area contributed by atoms with Gasteiger partial charge in [-0.2, -0.15) is 0 Å². The molecule has 2 rings (SSSR count). The van der Waals surface area contributed by atoms with E-state index in [1.807, 2.05) is 18.2 Å². The molecule has 1 heterocycles. The first-order valence-corrected chi connectivity index (χ1v) is 6.20. The minimum atomic E-state index is 0.562. The third kappa shape index (κ3) is 3.30. The van der Waals surface area contributed by atoms with Crippen molar-refractivity contribution in [1.29, 1.82) is 0 Å². The number of ether oxygens (including phenoxy) is 1. The summed E-state index contributed by atoms with van der Waals surface area (Å²) in [6, 6.07) is 8.76. The molecule has 1 unspecified atom stereocenters. The molecule has 0 bridgehead atoms. The Kier molecular flexibility index (Phi) is 4.18. The Bertz CT molecular complexity index is 310. The average molecular weight is 270 g/mol. The molecule has 1 atom stereocenters. The second-order valence-electron chi connectivity index (χ2n) is 3.90. The summed E-state index contributed by atoms with van der Waals surface area (Å²) in [6.07, 6.45) is 2.53. The van der Waals surface area contributed by atoms with Crippen molar-refractivity contribution >= 4 is 15.9 Å². The van der Waals surface area contributed by atoms with Gasteiger partial charge in [0, 0.05) is 10.5 Å². The fourth-order valence-electron chi connectivity index (χ4n) is 1.83. The lowest BCUT2D eigenvalue weighted by atomic mass is 10.2. The van der Waals surface area contributed by atoms with Gasteiger partial charge < -0.3 is 10.1 Å². The molecule has 3 heteroatoms. The summed E-state index contributed by atoms with van der Waals surface area (Å²) in [5.41, 5.74) is 1.22. The Morgan fingerprint density at radius 2 is 2.27 bits per heavy atom. The molecule has 1 aliphatic heterocycles. The van der Waals surface area contributed by atoms with Gasteiger partial charge in [0.25, 0.3) is 0 Å². The lowest BCUT2D eigenvalue weighted by Gasteiger charge is -2.11. The lowest BCUT2D eigenvalue weighted by molar-refractivity contribution is 0.103. The summed E-state index contributed by atoms with van der Waals surface area (Å²) in [7, 11) is 0.